The molecule has 0 aliphatic carbocycles. The largest absolute Gasteiger partial charge is 0.504 e. The van der Waals surface area contributed by atoms with Gasteiger partial charge in [0.05, 0.1) is 4.92 Å². The maximum Gasteiger partial charge on any atom is 0.269 e. The molecule has 2 N–H and O–H groups in total. The maximum atomic E-state index is 10.5. The highest BCUT2D eigenvalue weighted by Crippen LogP contribution is 2.29. The molecule has 0 amide bonds. The Morgan fingerprint density at radius 2 is 1.68 bits per heavy atom. The molecule has 0 fully saturated rings. The van der Waals surface area contributed by atoms with Gasteiger partial charge >= 0.3 is 0 Å². The number of nitro groups is 1. The van der Waals surface area contributed by atoms with Gasteiger partial charge < -0.3 is 10.2 Å². The summed E-state index contributed by atoms with van der Waals surface area (Å²) in [6.45, 7) is 0. The van der Waals surface area contributed by atoms with Gasteiger partial charge in [-0.25, -0.2) is 0 Å². The third-order valence-corrected chi connectivity index (χ3v) is 2.61. The Hall–Kier alpha value is -2.82. The van der Waals surface area contributed by atoms with Gasteiger partial charge in [-0.15, -0.1) is 0 Å². The molecule has 2 rings (SSSR count). The minimum atomic E-state index is -0.464. The van der Waals surface area contributed by atoms with Crippen molar-refractivity contribution in [1.29, 1.82) is 0 Å². The fourth-order valence-corrected chi connectivity index (χ4v) is 1.58. The predicted molar refractivity (Wildman–Crippen MR) is 71.8 cm³/mol. The summed E-state index contributed by atoms with van der Waals surface area (Å²) in [7, 11) is 0. The fourth-order valence-electron chi connectivity index (χ4n) is 1.58. The quantitative estimate of drug-likeness (QED) is 0.383. The molecule has 2 aromatic rings. The molecule has 0 atom stereocenters. The predicted octanol–water partition coefficient (Wildman–Crippen LogP) is 3.18. The Morgan fingerprint density at radius 3 is 2.32 bits per heavy atom. The Labute approximate surface area is 109 Å². The number of nitro benzene ring substituents is 1. The topological polar surface area (TPSA) is 83.6 Å². The van der Waals surface area contributed by atoms with Crippen LogP contribution in [0.2, 0.25) is 0 Å². The molecule has 0 heterocycles. The molecule has 5 nitrogen and oxygen atoms in total. The highest BCUT2D eigenvalue weighted by atomic mass is 16.6. The van der Waals surface area contributed by atoms with Crippen LogP contribution in [0.3, 0.4) is 0 Å². The smallest absolute Gasteiger partial charge is 0.269 e. The van der Waals surface area contributed by atoms with Crippen molar-refractivity contribution >= 4 is 17.8 Å². The Bertz CT molecular complexity index is 632. The van der Waals surface area contributed by atoms with Crippen LogP contribution in [-0.4, -0.2) is 15.1 Å². The monoisotopic (exact) mass is 257 g/mol. The first kappa shape index (κ1) is 12.6. The molecule has 0 spiro atoms. The first-order valence-corrected chi connectivity index (χ1v) is 5.51. The SMILES string of the molecule is O=[N+]([O-])c1ccc(C=Cc2cccc(O)c2O)cc1. The highest BCUT2D eigenvalue weighted by molar-refractivity contribution is 5.74. The van der Waals surface area contributed by atoms with Gasteiger partial charge in [-0.3, -0.25) is 10.1 Å². The van der Waals surface area contributed by atoms with E-state index in [9.17, 15) is 20.3 Å². The zero-order chi connectivity index (χ0) is 13.8. The van der Waals surface area contributed by atoms with Crippen LogP contribution in [0, 0.1) is 10.1 Å². The first-order chi connectivity index (χ1) is 9.08. The molecule has 0 aliphatic rings. The number of hydrogen-bond donors (Lipinski definition) is 2. The van der Waals surface area contributed by atoms with E-state index in [-0.39, 0.29) is 17.2 Å². The Kier molecular flexibility index (Phi) is 3.47. The van der Waals surface area contributed by atoms with E-state index < -0.39 is 4.92 Å². The second kappa shape index (κ2) is 5.22. The lowest BCUT2D eigenvalue weighted by Gasteiger charge is -2.00. The maximum absolute atomic E-state index is 10.5. The number of phenols is 2. The van der Waals surface area contributed by atoms with E-state index in [4.69, 9.17) is 0 Å². The molecule has 19 heavy (non-hydrogen) atoms. The van der Waals surface area contributed by atoms with Gasteiger partial charge in [0.15, 0.2) is 11.5 Å². The van der Waals surface area contributed by atoms with E-state index in [0.29, 0.717) is 5.56 Å². The van der Waals surface area contributed by atoms with Crippen LogP contribution in [0.5, 0.6) is 11.5 Å². The summed E-state index contributed by atoms with van der Waals surface area (Å²) >= 11 is 0. The number of aromatic hydroxyl groups is 2. The zero-order valence-corrected chi connectivity index (χ0v) is 9.85. The molecular weight excluding hydrogens is 246 g/mol. The number of nitrogens with zero attached hydrogens (tertiary/aromatic N) is 1. The number of phenolic OH excluding ortho intramolecular Hbond substituents is 2. The minimum absolute atomic E-state index is 0.0253. The molecule has 0 aromatic heterocycles. The minimum Gasteiger partial charge on any atom is -0.504 e. The van der Waals surface area contributed by atoms with E-state index in [1.54, 1.807) is 36.4 Å². The van der Waals surface area contributed by atoms with E-state index in [1.807, 2.05) is 0 Å². The van der Waals surface area contributed by atoms with Gasteiger partial charge in [0, 0.05) is 17.7 Å². The van der Waals surface area contributed by atoms with E-state index in [1.165, 1.54) is 18.2 Å². The summed E-state index contributed by atoms with van der Waals surface area (Å²) in [4.78, 5) is 10.0. The molecule has 0 saturated carbocycles. The fraction of sp³-hybridized carbons (Fsp3) is 0. The van der Waals surface area contributed by atoms with Crippen LogP contribution < -0.4 is 0 Å². The van der Waals surface area contributed by atoms with E-state index in [2.05, 4.69) is 0 Å². The number of hydrogen-bond acceptors (Lipinski definition) is 4. The van der Waals surface area contributed by atoms with Crippen LogP contribution in [0.1, 0.15) is 11.1 Å². The molecule has 0 unspecified atom stereocenters. The van der Waals surface area contributed by atoms with Gasteiger partial charge in [-0.05, 0) is 23.8 Å². The molecule has 5 heteroatoms. The molecule has 0 bridgehead atoms. The molecule has 0 radical (unpaired) electrons. The van der Waals surface area contributed by atoms with Crippen molar-refractivity contribution in [2.24, 2.45) is 0 Å². The summed E-state index contributed by atoms with van der Waals surface area (Å²) < 4.78 is 0. The Morgan fingerprint density at radius 1 is 1.00 bits per heavy atom. The Balaban J connectivity index is 2.23. The molecule has 0 aliphatic heterocycles. The lowest BCUT2D eigenvalue weighted by Crippen LogP contribution is -1.86. The van der Waals surface area contributed by atoms with Crippen LogP contribution in [0.4, 0.5) is 5.69 Å². The number of para-hydroxylation sites is 1. The highest BCUT2D eigenvalue weighted by Gasteiger charge is 2.04. The van der Waals surface area contributed by atoms with Crippen molar-refractivity contribution in [3.05, 3.63) is 63.7 Å². The average molecular weight is 257 g/mol. The third-order valence-electron chi connectivity index (χ3n) is 2.61. The van der Waals surface area contributed by atoms with Crippen LogP contribution in [0.15, 0.2) is 42.5 Å². The van der Waals surface area contributed by atoms with Gasteiger partial charge in [0.25, 0.3) is 5.69 Å². The summed E-state index contributed by atoms with van der Waals surface area (Å²) in [5, 5.41) is 29.4. The normalized spacial score (nSPS) is 10.7. The van der Waals surface area contributed by atoms with Crippen LogP contribution in [0.25, 0.3) is 12.2 Å². The molecule has 2 aromatic carbocycles. The van der Waals surface area contributed by atoms with Crippen molar-refractivity contribution < 1.29 is 15.1 Å². The number of rotatable bonds is 3. The molecular formula is C14H11NO4. The third kappa shape index (κ3) is 2.90. The van der Waals surface area contributed by atoms with Crippen molar-refractivity contribution in [2.75, 3.05) is 0 Å². The van der Waals surface area contributed by atoms with Crippen molar-refractivity contribution in [1.82, 2.24) is 0 Å². The van der Waals surface area contributed by atoms with Gasteiger partial charge in [0.1, 0.15) is 0 Å². The zero-order valence-electron chi connectivity index (χ0n) is 9.85. The standard InChI is InChI=1S/C14H11NO4/c16-13-3-1-2-11(14(13)17)7-4-10-5-8-12(9-6-10)15(18)19/h1-9,16-17H. The lowest BCUT2D eigenvalue weighted by atomic mass is 10.1. The summed E-state index contributed by atoms with van der Waals surface area (Å²) in [5.41, 5.74) is 1.25. The lowest BCUT2D eigenvalue weighted by molar-refractivity contribution is -0.384. The summed E-state index contributed by atoms with van der Waals surface area (Å²) in [6, 6.07) is 10.7. The summed E-state index contributed by atoms with van der Waals surface area (Å²) in [6.07, 6.45) is 3.31. The summed E-state index contributed by atoms with van der Waals surface area (Å²) in [5.74, 6) is -0.383. The number of non-ortho nitro benzene ring substituents is 1. The van der Waals surface area contributed by atoms with Gasteiger partial charge in [-0.2, -0.15) is 0 Å². The van der Waals surface area contributed by atoms with E-state index >= 15 is 0 Å². The van der Waals surface area contributed by atoms with Crippen molar-refractivity contribution in [3.63, 3.8) is 0 Å². The van der Waals surface area contributed by atoms with Crippen molar-refractivity contribution in [3.8, 4) is 11.5 Å². The van der Waals surface area contributed by atoms with Crippen LogP contribution in [-0.2, 0) is 0 Å². The van der Waals surface area contributed by atoms with Gasteiger partial charge in [0.2, 0.25) is 0 Å². The van der Waals surface area contributed by atoms with Crippen LogP contribution >= 0.6 is 0 Å². The molecule has 96 valence electrons. The van der Waals surface area contributed by atoms with Crippen molar-refractivity contribution in [2.45, 2.75) is 0 Å². The number of benzene rings is 2. The second-order valence-corrected chi connectivity index (χ2v) is 3.90. The first-order valence-electron chi connectivity index (χ1n) is 5.51. The average Bonchev–Trinajstić information content (AvgIpc) is 2.41. The van der Waals surface area contributed by atoms with Gasteiger partial charge in [-0.1, -0.05) is 24.3 Å². The molecule has 0 saturated heterocycles. The van der Waals surface area contributed by atoms with E-state index in [0.717, 1.165) is 5.56 Å². The second-order valence-electron chi connectivity index (χ2n) is 3.90.